The second-order valence-electron chi connectivity index (χ2n) is 6.08. The van der Waals surface area contributed by atoms with E-state index in [0.29, 0.717) is 30.3 Å². The maximum Gasteiger partial charge on any atom is 0.267 e. The van der Waals surface area contributed by atoms with Crippen LogP contribution in [0, 0.1) is 0 Å². The van der Waals surface area contributed by atoms with Gasteiger partial charge < -0.3 is 24.4 Å². The lowest BCUT2D eigenvalue weighted by Crippen LogP contribution is -2.46. The molecule has 27 heavy (non-hydrogen) atoms. The molecule has 2 aromatic rings. The Morgan fingerprint density at radius 3 is 2.74 bits per heavy atom. The highest BCUT2D eigenvalue weighted by Gasteiger charge is 2.31. The summed E-state index contributed by atoms with van der Waals surface area (Å²) in [6.07, 6.45) is -0.580. The van der Waals surface area contributed by atoms with Crippen molar-refractivity contribution < 1.29 is 23.8 Å². The van der Waals surface area contributed by atoms with E-state index >= 15 is 0 Å². The summed E-state index contributed by atoms with van der Waals surface area (Å²) < 4.78 is 16.2. The number of rotatable bonds is 7. The fourth-order valence-corrected chi connectivity index (χ4v) is 2.82. The Morgan fingerprint density at radius 1 is 1.22 bits per heavy atom. The monoisotopic (exact) mass is 370 g/mol. The standard InChI is InChI=1S/C20H22N2O5/c1-14-20(24)22(10-11-26-16-6-4-3-5-7-16)17-12-15(8-9-18(17)27-14)21-19(23)13-25-2/h3-9,12,14H,10-11,13H2,1-2H3,(H,21,23). The minimum absolute atomic E-state index is 0.0435. The molecular formula is C20H22N2O5. The number of carbonyl (C=O) groups excluding carboxylic acids is 2. The molecule has 0 radical (unpaired) electrons. The number of ether oxygens (including phenoxy) is 3. The molecule has 1 heterocycles. The largest absolute Gasteiger partial charge is 0.492 e. The highest BCUT2D eigenvalue weighted by atomic mass is 16.5. The van der Waals surface area contributed by atoms with Gasteiger partial charge in [0, 0.05) is 12.8 Å². The number of benzene rings is 2. The number of hydrogen-bond donors (Lipinski definition) is 1. The van der Waals surface area contributed by atoms with E-state index in [1.165, 1.54) is 7.11 Å². The zero-order valence-corrected chi connectivity index (χ0v) is 15.3. The van der Waals surface area contributed by atoms with Gasteiger partial charge in [0.1, 0.15) is 24.7 Å². The third kappa shape index (κ3) is 4.57. The molecule has 1 aliphatic heterocycles. The quantitative estimate of drug-likeness (QED) is 0.810. The normalized spacial score (nSPS) is 15.7. The fraction of sp³-hybridized carbons (Fsp3) is 0.300. The number of carbonyl (C=O) groups is 2. The summed E-state index contributed by atoms with van der Waals surface area (Å²) in [6, 6.07) is 14.6. The summed E-state index contributed by atoms with van der Waals surface area (Å²) in [7, 11) is 1.45. The summed E-state index contributed by atoms with van der Waals surface area (Å²) in [5.41, 5.74) is 1.17. The van der Waals surface area contributed by atoms with Crippen molar-refractivity contribution in [2.75, 3.05) is 37.1 Å². The number of methoxy groups -OCH3 is 1. The lowest BCUT2D eigenvalue weighted by molar-refractivity contribution is -0.125. The van der Waals surface area contributed by atoms with Crippen LogP contribution in [0.5, 0.6) is 11.5 Å². The predicted molar refractivity (Wildman–Crippen MR) is 101 cm³/mol. The number of fused-ring (bicyclic) bond motifs is 1. The van der Waals surface area contributed by atoms with Crippen LogP contribution in [-0.4, -0.2) is 44.8 Å². The number of nitrogens with one attached hydrogen (secondary N) is 1. The van der Waals surface area contributed by atoms with Crippen molar-refractivity contribution in [3.8, 4) is 11.5 Å². The second kappa shape index (κ2) is 8.55. The van der Waals surface area contributed by atoms with Crippen molar-refractivity contribution in [1.82, 2.24) is 0 Å². The van der Waals surface area contributed by atoms with Crippen molar-refractivity contribution >= 4 is 23.2 Å². The first-order valence-corrected chi connectivity index (χ1v) is 8.67. The van der Waals surface area contributed by atoms with Gasteiger partial charge in [-0.15, -0.1) is 0 Å². The smallest absolute Gasteiger partial charge is 0.267 e. The molecule has 0 saturated carbocycles. The first kappa shape index (κ1) is 18.7. The van der Waals surface area contributed by atoms with Gasteiger partial charge in [0.2, 0.25) is 5.91 Å². The molecule has 7 heteroatoms. The molecule has 1 aliphatic rings. The van der Waals surface area contributed by atoms with Gasteiger partial charge in [0.15, 0.2) is 6.10 Å². The summed E-state index contributed by atoms with van der Waals surface area (Å²) in [6.45, 7) is 2.37. The molecule has 0 aliphatic carbocycles. The highest BCUT2D eigenvalue weighted by Crippen LogP contribution is 2.36. The average molecular weight is 370 g/mol. The summed E-state index contributed by atoms with van der Waals surface area (Å²) in [4.78, 5) is 26.0. The Kier molecular flexibility index (Phi) is 5.93. The predicted octanol–water partition coefficient (Wildman–Crippen LogP) is 2.46. The van der Waals surface area contributed by atoms with Gasteiger partial charge in [0.05, 0.1) is 12.2 Å². The molecule has 0 bridgehead atoms. The molecule has 0 fully saturated rings. The zero-order chi connectivity index (χ0) is 19.2. The summed E-state index contributed by atoms with van der Waals surface area (Å²) in [5.74, 6) is 0.908. The molecule has 1 N–H and O–H groups in total. The van der Waals surface area contributed by atoms with E-state index in [-0.39, 0.29) is 18.4 Å². The van der Waals surface area contributed by atoms with Crippen LogP contribution in [0.1, 0.15) is 6.92 Å². The third-order valence-electron chi connectivity index (χ3n) is 4.05. The van der Waals surface area contributed by atoms with Crippen LogP contribution in [0.15, 0.2) is 48.5 Å². The number of hydrogen-bond acceptors (Lipinski definition) is 5. The van der Waals surface area contributed by atoms with E-state index in [1.807, 2.05) is 30.3 Å². The minimum atomic E-state index is -0.580. The highest BCUT2D eigenvalue weighted by molar-refractivity contribution is 6.01. The first-order chi connectivity index (χ1) is 13.1. The van der Waals surface area contributed by atoms with Crippen LogP contribution in [0.25, 0.3) is 0 Å². The van der Waals surface area contributed by atoms with Crippen molar-refractivity contribution in [3.63, 3.8) is 0 Å². The topological polar surface area (TPSA) is 77.1 Å². The van der Waals surface area contributed by atoms with Gasteiger partial charge >= 0.3 is 0 Å². The molecule has 2 aromatic carbocycles. The zero-order valence-electron chi connectivity index (χ0n) is 15.3. The van der Waals surface area contributed by atoms with Crippen molar-refractivity contribution in [3.05, 3.63) is 48.5 Å². The lowest BCUT2D eigenvalue weighted by atomic mass is 10.1. The Morgan fingerprint density at radius 2 is 2.00 bits per heavy atom. The Hall–Kier alpha value is -3.06. The molecular weight excluding hydrogens is 348 g/mol. The van der Waals surface area contributed by atoms with E-state index in [0.717, 1.165) is 5.75 Å². The molecule has 142 valence electrons. The minimum Gasteiger partial charge on any atom is -0.492 e. The molecule has 0 spiro atoms. The number of para-hydroxylation sites is 1. The first-order valence-electron chi connectivity index (χ1n) is 8.67. The summed E-state index contributed by atoms with van der Waals surface area (Å²) in [5, 5.41) is 2.73. The molecule has 2 amide bonds. The van der Waals surface area contributed by atoms with E-state index in [2.05, 4.69) is 5.32 Å². The maximum absolute atomic E-state index is 12.6. The maximum atomic E-state index is 12.6. The van der Waals surface area contributed by atoms with E-state index in [1.54, 1.807) is 30.0 Å². The number of anilines is 2. The Balaban J connectivity index is 1.75. The molecule has 1 unspecified atom stereocenters. The molecule has 1 atom stereocenters. The second-order valence-corrected chi connectivity index (χ2v) is 6.08. The summed E-state index contributed by atoms with van der Waals surface area (Å²) >= 11 is 0. The van der Waals surface area contributed by atoms with Gasteiger partial charge in [-0.25, -0.2) is 0 Å². The SMILES string of the molecule is COCC(=O)Nc1ccc2c(c1)N(CCOc1ccccc1)C(=O)C(C)O2. The van der Waals surface area contributed by atoms with Gasteiger partial charge in [-0.2, -0.15) is 0 Å². The van der Waals surface area contributed by atoms with Crippen LogP contribution < -0.4 is 19.7 Å². The van der Waals surface area contributed by atoms with E-state index < -0.39 is 6.10 Å². The molecule has 3 rings (SSSR count). The van der Waals surface area contributed by atoms with Crippen LogP contribution >= 0.6 is 0 Å². The Bertz CT molecular complexity index is 809. The van der Waals surface area contributed by atoms with Crippen molar-refractivity contribution in [2.24, 2.45) is 0 Å². The van der Waals surface area contributed by atoms with Gasteiger partial charge in [0.25, 0.3) is 5.91 Å². The van der Waals surface area contributed by atoms with Crippen molar-refractivity contribution in [1.29, 1.82) is 0 Å². The van der Waals surface area contributed by atoms with E-state index in [9.17, 15) is 9.59 Å². The van der Waals surface area contributed by atoms with Crippen LogP contribution in [0.2, 0.25) is 0 Å². The van der Waals surface area contributed by atoms with E-state index in [4.69, 9.17) is 14.2 Å². The van der Waals surface area contributed by atoms with Gasteiger partial charge in [-0.3, -0.25) is 9.59 Å². The van der Waals surface area contributed by atoms with Gasteiger partial charge in [-0.05, 0) is 37.3 Å². The van der Waals surface area contributed by atoms with Crippen LogP contribution in [0.4, 0.5) is 11.4 Å². The molecule has 7 nitrogen and oxygen atoms in total. The Labute approximate surface area is 157 Å². The molecule has 0 aromatic heterocycles. The fourth-order valence-electron chi connectivity index (χ4n) is 2.82. The van der Waals surface area contributed by atoms with Crippen molar-refractivity contribution in [2.45, 2.75) is 13.0 Å². The van der Waals surface area contributed by atoms with Crippen LogP contribution in [0.3, 0.4) is 0 Å². The van der Waals surface area contributed by atoms with Gasteiger partial charge in [-0.1, -0.05) is 18.2 Å². The third-order valence-corrected chi connectivity index (χ3v) is 4.05. The number of nitrogens with zero attached hydrogens (tertiary/aromatic N) is 1. The van der Waals surface area contributed by atoms with Crippen LogP contribution in [-0.2, 0) is 14.3 Å². The lowest BCUT2D eigenvalue weighted by Gasteiger charge is -2.33. The molecule has 0 saturated heterocycles. The number of amides is 2. The average Bonchev–Trinajstić information content (AvgIpc) is 2.66.